The lowest BCUT2D eigenvalue weighted by Gasteiger charge is -2.44. The highest BCUT2D eigenvalue weighted by Crippen LogP contribution is 2.46. The van der Waals surface area contributed by atoms with Gasteiger partial charge < -0.3 is 4.74 Å². The molecule has 0 radical (unpaired) electrons. The van der Waals surface area contributed by atoms with Crippen LogP contribution < -0.4 is 10.2 Å². The van der Waals surface area contributed by atoms with Gasteiger partial charge in [0.25, 0.3) is 5.91 Å². The third-order valence-electron chi connectivity index (χ3n) is 4.13. The molecule has 0 bridgehead atoms. The number of carbonyl (C=O) groups excluding carboxylic acids is 2. The summed E-state index contributed by atoms with van der Waals surface area (Å²) in [6.07, 6.45) is -3.74. The summed E-state index contributed by atoms with van der Waals surface area (Å²) in [6.45, 7) is 5.02. The number of benzene rings is 1. The van der Waals surface area contributed by atoms with E-state index < -0.39 is 11.9 Å². The number of nitrogens with zero attached hydrogens (tertiary/aromatic N) is 1. The standard InChI is InChI=1S/C17H17F3N2O3S/c1-9(23)21-22-15(24)14-11(8-16(22,2)3)6-10-4-5-12(7-13(10)26-14)25-17(18,19)20/h4-5,7H,6,8H2,1-3H3,(H,21,23). The van der Waals surface area contributed by atoms with Gasteiger partial charge in [0.2, 0.25) is 5.91 Å². The van der Waals surface area contributed by atoms with Gasteiger partial charge in [-0.15, -0.1) is 13.2 Å². The Morgan fingerprint density at radius 1 is 1.35 bits per heavy atom. The maximum Gasteiger partial charge on any atom is 0.573 e. The highest BCUT2D eigenvalue weighted by atomic mass is 32.2. The third-order valence-corrected chi connectivity index (χ3v) is 5.39. The molecule has 2 aliphatic rings. The lowest BCUT2D eigenvalue weighted by Crippen LogP contribution is -2.59. The predicted molar refractivity (Wildman–Crippen MR) is 89.1 cm³/mol. The Morgan fingerprint density at radius 2 is 2.04 bits per heavy atom. The van der Waals surface area contributed by atoms with Crippen LogP contribution in [-0.4, -0.2) is 28.7 Å². The fourth-order valence-electron chi connectivity index (χ4n) is 3.14. The number of carbonyl (C=O) groups is 2. The monoisotopic (exact) mass is 386 g/mol. The minimum absolute atomic E-state index is 0.324. The number of halogens is 3. The van der Waals surface area contributed by atoms with Crippen LogP contribution in [0.15, 0.2) is 33.6 Å². The molecule has 0 aromatic heterocycles. The second-order valence-electron chi connectivity index (χ2n) is 6.83. The second-order valence-corrected chi connectivity index (χ2v) is 7.88. The topological polar surface area (TPSA) is 58.6 Å². The smallest absolute Gasteiger partial charge is 0.406 e. The molecule has 2 amide bonds. The van der Waals surface area contributed by atoms with Crippen LogP contribution in [0.1, 0.15) is 32.8 Å². The van der Waals surface area contributed by atoms with E-state index in [-0.39, 0.29) is 17.6 Å². The molecule has 140 valence electrons. The molecule has 0 fully saturated rings. The maximum atomic E-state index is 12.9. The molecule has 1 aromatic rings. The molecule has 0 aliphatic carbocycles. The van der Waals surface area contributed by atoms with Crippen LogP contribution in [0, 0.1) is 0 Å². The molecule has 2 heterocycles. The van der Waals surface area contributed by atoms with Crippen LogP contribution in [0.5, 0.6) is 5.75 Å². The number of rotatable bonds is 2. The van der Waals surface area contributed by atoms with Gasteiger partial charge in [0.05, 0.1) is 10.4 Å². The third kappa shape index (κ3) is 3.67. The first kappa shape index (κ1) is 18.6. The molecule has 3 rings (SSSR count). The molecule has 0 saturated heterocycles. The van der Waals surface area contributed by atoms with Gasteiger partial charge in [0.15, 0.2) is 0 Å². The Morgan fingerprint density at radius 3 is 2.65 bits per heavy atom. The summed E-state index contributed by atoms with van der Waals surface area (Å²) < 4.78 is 41.2. The number of hydrogen-bond donors (Lipinski definition) is 1. The number of thioether (sulfide) groups is 1. The first-order valence-corrected chi connectivity index (χ1v) is 8.68. The summed E-state index contributed by atoms with van der Waals surface area (Å²) in [6, 6.07) is 4.15. The van der Waals surface area contributed by atoms with Crippen LogP contribution in [0.3, 0.4) is 0 Å². The largest absolute Gasteiger partial charge is 0.573 e. The number of fused-ring (bicyclic) bond motifs is 1. The summed E-state index contributed by atoms with van der Waals surface area (Å²) >= 11 is 1.11. The van der Waals surface area contributed by atoms with Crippen molar-refractivity contribution in [2.24, 2.45) is 0 Å². The normalized spacial score (nSPS) is 19.0. The Bertz CT molecular complexity index is 818. The van der Waals surface area contributed by atoms with Crippen molar-refractivity contribution < 1.29 is 27.5 Å². The van der Waals surface area contributed by atoms with Crippen LogP contribution in [0.2, 0.25) is 0 Å². The van der Waals surface area contributed by atoms with Gasteiger partial charge in [-0.05, 0) is 50.0 Å². The molecular formula is C17H17F3N2O3S. The first-order valence-electron chi connectivity index (χ1n) is 7.86. The van der Waals surface area contributed by atoms with Crippen molar-refractivity contribution >= 4 is 23.6 Å². The molecule has 2 aliphatic heterocycles. The molecule has 26 heavy (non-hydrogen) atoms. The molecule has 1 N–H and O–H groups in total. The van der Waals surface area contributed by atoms with E-state index in [0.29, 0.717) is 22.6 Å². The van der Waals surface area contributed by atoms with Crippen LogP contribution in [0.4, 0.5) is 13.2 Å². The van der Waals surface area contributed by atoms with Crippen molar-refractivity contribution in [2.45, 2.75) is 50.4 Å². The van der Waals surface area contributed by atoms with Crippen molar-refractivity contribution in [2.75, 3.05) is 0 Å². The number of amides is 2. The van der Waals surface area contributed by atoms with E-state index in [0.717, 1.165) is 22.9 Å². The summed E-state index contributed by atoms with van der Waals surface area (Å²) in [7, 11) is 0. The van der Waals surface area contributed by atoms with Crippen LogP contribution in [0.25, 0.3) is 0 Å². The zero-order valence-corrected chi connectivity index (χ0v) is 15.2. The van der Waals surface area contributed by atoms with Crippen molar-refractivity contribution in [1.29, 1.82) is 0 Å². The highest BCUT2D eigenvalue weighted by molar-refractivity contribution is 8.04. The van der Waals surface area contributed by atoms with E-state index in [9.17, 15) is 22.8 Å². The van der Waals surface area contributed by atoms with Gasteiger partial charge >= 0.3 is 6.36 Å². The van der Waals surface area contributed by atoms with Gasteiger partial charge in [0.1, 0.15) is 5.75 Å². The van der Waals surface area contributed by atoms with Crippen molar-refractivity contribution in [1.82, 2.24) is 10.4 Å². The molecule has 0 saturated carbocycles. The number of hydrazine groups is 1. The Hall–Kier alpha value is -2.16. The minimum atomic E-state index is -4.77. The fraction of sp³-hybridized carbons (Fsp3) is 0.412. The number of nitrogens with one attached hydrogen (secondary N) is 1. The summed E-state index contributed by atoms with van der Waals surface area (Å²) in [4.78, 5) is 25.3. The molecule has 0 spiro atoms. The van der Waals surface area contributed by atoms with Gasteiger partial charge in [-0.1, -0.05) is 17.8 Å². The minimum Gasteiger partial charge on any atom is -0.406 e. The predicted octanol–water partition coefficient (Wildman–Crippen LogP) is 3.55. The summed E-state index contributed by atoms with van der Waals surface area (Å²) in [5.41, 5.74) is 3.71. The molecule has 1 aromatic carbocycles. The average molecular weight is 386 g/mol. The van der Waals surface area contributed by atoms with Crippen molar-refractivity contribution in [3.8, 4) is 5.75 Å². The average Bonchev–Trinajstić information content (AvgIpc) is 2.48. The highest BCUT2D eigenvalue weighted by Gasteiger charge is 2.42. The Kier molecular flexibility index (Phi) is 4.46. The zero-order valence-electron chi connectivity index (χ0n) is 14.4. The number of alkyl halides is 3. The van der Waals surface area contributed by atoms with E-state index in [1.807, 2.05) is 13.8 Å². The van der Waals surface area contributed by atoms with Gasteiger partial charge in [0, 0.05) is 11.8 Å². The first-order chi connectivity index (χ1) is 12.0. The zero-order chi connectivity index (χ0) is 19.3. The molecule has 0 atom stereocenters. The van der Waals surface area contributed by atoms with E-state index in [1.54, 1.807) is 6.07 Å². The van der Waals surface area contributed by atoms with Crippen LogP contribution >= 0.6 is 11.8 Å². The Balaban J connectivity index is 1.91. The molecule has 9 heteroatoms. The number of hydrogen-bond acceptors (Lipinski definition) is 4. The SMILES string of the molecule is CC(=O)NN1C(=O)C2=C(Cc3ccc(OC(F)(F)F)cc3S2)CC1(C)C. The lowest BCUT2D eigenvalue weighted by molar-refractivity contribution is -0.274. The van der Waals surface area contributed by atoms with E-state index in [1.165, 1.54) is 24.1 Å². The van der Waals surface area contributed by atoms with Crippen molar-refractivity contribution in [3.63, 3.8) is 0 Å². The van der Waals surface area contributed by atoms with Gasteiger partial charge in [-0.25, -0.2) is 5.01 Å². The maximum absolute atomic E-state index is 12.9. The number of ether oxygens (including phenoxy) is 1. The summed E-state index contributed by atoms with van der Waals surface area (Å²) in [5, 5.41) is 1.29. The quantitative estimate of drug-likeness (QED) is 0.845. The van der Waals surface area contributed by atoms with Gasteiger partial charge in [-0.3, -0.25) is 15.0 Å². The van der Waals surface area contributed by atoms with Crippen molar-refractivity contribution in [3.05, 3.63) is 34.2 Å². The summed E-state index contributed by atoms with van der Waals surface area (Å²) in [5.74, 6) is -1.04. The molecular weight excluding hydrogens is 369 g/mol. The van der Waals surface area contributed by atoms with Crippen LogP contribution in [-0.2, 0) is 16.0 Å². The molecule has 5 nitrogen and oxygen atoms in total. The van der Waals surface area contributed by atoms with E-state index in [4.69, 9.17) is 0 Å². The van der Waals surface area contributed by atoms with E-state index in [2.05, 4.69) is 10.2 Å². The Labute approximate surface area is 152 Å². The molecule has 0 unspecified atom stereocenters. The van der Waals surface area contributed by atoms with E-state index >= 15 is 0 Å². The lowest BCUT2D eigenvalue weighted by atomic mass is 9.86. The van der Waals surface area contributed by atoms with Gasteiger partial charge in [-0.2, -0.15) is 0 Å². The second kappa shape index (κ2) is 6.22. The fourth-order valence-corrected chi connectivity index (χ4v) is 4.27.